The van der Waals surface area contributed by atoms with Gasteiger partial charge in [-0.3, -0.25) is 19.1 Å². The van der Waals surface area contributed by atoms with Gasteiger partial charge in [-0.25, -0.2) is 26.5 Å². The Morgan fingerprint density at radius 3 is 2.43 bits per heavy atom. The highest BCUT2D eigenvalue weighted by Gasteiger charge is 2.62. The third-order valence-electron chi connectivity index (χ3n) is 10.3. The molecular formula is C40H51ClN6O9S2. The van der Waals surface area contributed by atoms with Gasteiger partial charge in [-0.05, 0) is 81.8 Å². The molecule has 2 heterocycles. The maximum absolute atomic E-state index is 15.0. The van der Waals surface area contributed by atoms with Gasteiger partial charge in [0, 0.05) is 40.7 Å². The Morgan fingerprint density at radius 1 is 1.09 bits per heavy atom. The Balaban J connectivity index is 1.35. The number of nitrogens with zero attached hydrogens (tertiary/aromatic N) is 2. The molecule has 2 aliphatic carbocycles. The van der Waals surface area contributed by atoms with E-state index < -0.39 is 83.6 Å². The molecule has 0 unspecified atom stereocenters. The van der Waals surface area contributed by atoms with Crippen LogP contribution in [0.2, 0.25) is 5.02 Å². The van der Waals surface area contributed by atoms with Gasteiger partial charge in [-0.2, -0.15) is 0 Å². The molecule has 1 aliphatic heterocycles. The van der Waals surface area contributed by atoms with Gasteiger partial charge in [0.15, 0.2) is 0 Å². The van der Waals surface area contributed by atoms with Crippen LogP contribution in [0.1, 0.15) is 68.6 Å². The van der Waals surface area contributed by atoms with Crippen molar-refractivity contribution in [2.24, 2.45) is 11.3 Å². The summed E-state index contributed by atoms with van der Waals surface area (Å²) in [7, 11) is -6.42. The number of halogens is 1. The van der Waals surface area contributed by atoms with Crippen molar-refractivity contribution in [1.82, 2.24) is 24.6 Å². The number of nitrogens with one attached hydrogen (secondary N) is 4. The van der Waals surface area contributed by atoms with Crippen LogP contribution in [0.4, 0.5) is 5.69 Å². The number of fused-ring (bicyclic) bond motifs is 1. The standard InChI is InChI=1S/C40H51ClN6O9S2/c1-9-23-20-40(23,37(50)45-57(51,52)27-14-15-27)44-34(48)31-19-26(56-35-30-17-24(41)13-16-29(30)32(55-8)21-42-35)22-47(31)36(49)33(38(2,3)4)43-25-11-10-12-28(18-25)58(53,54)46-39(5,6)7/h9-13,16-18,21,23,26-27,31,33,43,46H,1,14-15,19-20,22H2,2-8H3,(H,44,48)(H,45,50)/t23-,26-,31+,33-,40-/m1/s1/i2D. The van der Waals surface area contributed by atoms with Gasteiger partial charge in [0.1, 0.15) is 29.5 Å². The molecular weight excluding hydrogens is 808 g/mol. The molecule has 3 fully saturated rings. The second-order valence-electron chi connectivity index (χ2n) is 16.9. The van der Waals surface area contributed by atoms with Crippen molar-refractivity contribution >= 4 is 65.8 Å². The Labute approximate surface area is 346 Å². The molecule has 1 saturated heterocycles. The van der Waals surface area contributed by atoms with Crippen molar-refractivity contribution in [3.05, 3.63) is 66.3 Å². The first-order valence-electron chi connectivity index (χ1n) is 19.5. The van der Waals surface area contributed by atoms with Crippen LogP contribution < -0.4 is 29.6 Å². The smallest absolute Gasteiger partial charge is 0.259 e. The molecule has 3 aromatic rings. The highest BCUT2D eigenvalue weighted by Crippen LogP contribution is 2.46. The first kappa shape index (κ1) is 41.7. The summed E-state index contributed by atoms with van der Waals surface area (Å²) in [6.45, 7) is 11.9. The van der Waals surface area contributed by atoms with Crippen LogP contribution in [-0.2, 0) is 34.4 Å². The number of amides is 3. The molecule has 4 N–H and O–H groups in total. The number of sulfonamides is 2. The van der Waals surface area contributed by atoms with Gasteiger partial charge in [-0.15, -0.1) is 6.58 Å². The third kappa shape index (κ3) is 9.22. The van der Waals surface area contributed by atoms with Crippen LogP contribution in [0.25, 0.3) is 10.8 Å². The fourth-order valence-corrected chi connectivity index (χ4v) is 10.1. The predicted octanol–water partition coefficient (Wildman–Crippen LogP) is 4.52. The normalized spacial score (nSPS) is 23.1. The van der Waals surface area contributed by atoms with Crippen molar-refractivity contribution in [1.29, 1.82) is 0 Å². The summed E-state index contributed by atoms with van der Waals surface area (Å²) in [4.78, 5) is 48.8. The molecule has 2 aromatic carbocycles. The number of methoxy groups -OCH3 is 1. The van der Waals surface area contributed by atoms with E-state index in [1.54, 1.807) is 58.9 Å². The highest BCUT2D eigenvalue weighted by molar-refractivity contribution is 7.91. The lowest BCUT2D eigenvalue weighted by molar-refractivity contribution is -0.141. The first-order chi connectivity index (χ1) is 27.5. The van der Waals surface area contributed by atoms with Crippen molar-refractivity contribution in [2.45, 2.75) is 107 Å². The molecule has 3 amide bonds. The minimum Gasteiger partial charge on any atom is -0.494 e. The van der Waals surface area contributed by atoms with E-state index in [0.717, 1.165) is 0 Å². The van der Waals surface area contributed by atoms with Crippen LogP contribution >= 0.6 is 11.6 Å². The molecule has 1 aromatic heterocycles. The molecule has 18 heteroatoms. The topological polar surface area (TPSA) is 202 Å². The maximum Gasteiger partial charge on any atom is 0.259 e. The number of carbonyl (C=O) groups excluding carboxylic acids is 3. The summed E-state index contributed by atoms with van der Waals surface area (Å²) >= 11 is 6.36. The molecule has 314 valence electrons. The monoisotopic (exact) mass is 859 g/mol. The van der Waals surface area contributed by atoms with Crippen molar-refractivity contribution in [2.75, 3.05) is 19.0 Å². The number of rotatable bonds is 14. The third-order valence-corrected chi connectivity index (χ3v) is 14.1. The molecule has 5 atom stereocenters. The molecule has 0 spiro atoms. The van der Waals surface area contributed by atoms with E-state index >= 15 is 0 Å². The van der Waals surface area contributed by atoms with Gasteiger partial charge in [0.25, 0.3) is 5.91 Å². The molecule has 6 rings (SSSR count). The second-order valence-corrected chi connectivity index (χ2v) is 21.0. The van der Waals surface area contributed by atoms with E-state index in [1.807, 2.05) is 0 Å². The van der Waals surface area contributed by atoms with Crippen molar-refractivity contribution in [3.63, 3.8) is 0 Å². The zero-order valence-electron chi connectivity index (χ0n) is 34.3. The van der Waals surface area contributed by atoms with Gasteiger partial charge in [0.2, 0.25) is 37.7 Å². The van der Waals surface area contributed by atoms with E-state index in [2.05, 4.69) is 31.6 Å². The highest BCUT2D eigenvalue weighted by atomic mass is 35.5. The van der Waals surface area contributed by atoms with Gasteiger partial charge >= 0.3 is 0 Å². The molecule has 3 aliphatic rings. The number of pyridine rings is 1. The van der Waals surface area contributed by atoms with Crippen molar-refractivity contribution in [3.8, 4) is 11.6 Å². The van der Waals surface area contributed by atoms with Gasteiger partial charge in [0.05, 0.1) is 30.0 Å². The lowest BCUT2D eigenvalue weighted by atomic mass is 9.85. The van der Waals surface area contributed by atoms with Crippen molar-refractivity contribution < 1.29 is 42.1 Å². The van der Waals surface area contributed by atoms with E-state index in [1.165, 1.54) is 42.5 Å². The van der Waals surface area contributed by atoms with Crippen LogP contribution in [0.5, 0.6) is 11.6 Å². The summed E-state index contributed by atoms with van der Waals surface area (Å²) < 4.78 is 77.2. The fourth-order valence-electron chi connectivity index (χ4n) is 7.11. The Hall–Kier alpha value is -4.45. The van der Waals surface area contributed by atoms with E-state index in [-0.39, 0.29) is 42.7 Å². The van der Waals surface area contributed by atoms with E-state index in [0.29, 0.717) is 34.4 Å². The van der Waals surface area contributed by atoms with Gasteiger partial charge in [-0.1, -0.05) is 44.5 Å². The summed E-state index contributed by atoms with van der Waals surface area (Å²) in [6.07, 6.45) is 3.01. The Kier molecular flexibility index (Phi) is 11.2. The lowest BCUT2D eigenvalue weighted by Gasteiger charge is -2.36. The van der Waals surface area contributed by atoms with E-state index in [4.69, 9.17) is 22.4 Å². The lowest BCUT2D eigenvalue weighted by Crippen LogP contribution is -2.58. The number of hydrogen-bond acceptors (Lipinski definition) is 11. The molecule has 58 heavy (non-hydrogen) atoms. The van der Waals surface area contributed by atoms with Crippen LogP contribution in [0, 0.1) is 11.3 Å². The second kappa shape index (κ2) is 15.6. The fraction of sp³-hybridized carbons (Fsp3) is 0.500. The first-order valence-corrected chi connectivity index (χ1v) is 22.2. The maximum atomic E-state index is 15.0. The van der Waals surface area contributed by atoms with E-state index in [9.17, 15) is 31.2 Å². The zero-order chi connectivity index (χ0) is 43.3. The minimum atomic E-state index is -3.96. The molecule has 0 radical (unpaired) electrons. The summed E-state index contributed by atoms with van der Waals surface area (Å²) in [5, 5.41) is 6.85. The summed E-state index contributed by atoms with van der Waals surface area (Å²) in [6, 6.07) is 8.63. The Bertz CT molecular complexity index is 2390. The number of anilines is 1. The van der Waals surface area contributed by atoms with Crippen LogP contribution in [-0.4, -0.2) is 92.6 Å². The van der Waals surface area contributed by atoms with Crippen LogP contribution in [0.3, 0.4) is 0 Å². The molecule has 0 bridgehead atoms. The summed E-state index contributed by atoms with van der Waals surface area (Å²) in [5.41, 5.74) is -3.19. The van der Waals surface area contributed by atoms with Crippen LogP contribution in [0.15, 0.2) is 66.2 Å². The zero-order valence-corrected chi connectivity index (χ0v) is 35.7. The molecule has 2 saturated carbocycles. The minimum absolute atomic E-state index is 0.0491. The number of ether oxygens (including phenoxy) is 2. The largest absolute Gasteiger partial charge is 0.494 e. The predicted molar refractivity (Wildman–Crippen MR) is 220 cm³/mol. The number of carbonyl (C=O) groups is 3. The summed E-state index contributed by atoms with van der Waals surface area (Å²) in [5.74, 6) is -2.16. The number of benzene rings is 2. The number of hydrogen-bond donors (Lipinski definition) is 4. The average Bonchev–Trinajstić information content (AvgIpc) is 4.09. The Morgan fingerprint density at radius 2 is 1.81 bits per heavy atom. The number of likely N-dealkylation sites (tertiary alicyclic amines) is 1. The average molecular weight is 860 g/mol. The van der Waals surface area contributed by atoms with Gasteiger partial charge < -0.3 is 25.0 Å². The number of aromatic nitrogens is 1. The molecule has 15 nitrogen and oxygen atoms in total. The SMILES string of the molecule is [2H]CC(C)(C)[C@H](Nc1cccc(S(=O)(=O)NC(C)(C)C)c1)C(=O)N1C[C@H](Oc2ncc(OC)c3ccc(Cl)cc23)C[C@H]1C(=O)N[C@]1(C(=O)NS(=O)(=O)C2CC2)C[C@H]1C=C. The quantitative estimate of drug-likeness (QED) is 0.166.